The summed E-state index contributed by atoms with van der Waals surface area (Å²) in [6.07, 6.45) is 3.07. The van der Waals surface area contributed by atoms with E-state index in [2.05, 4.69) is 36.1 Å². The highest BCUT2D eigenvalue weighted by molar-refractivity contribution is 5.96. The summed E-state index contributed by atoms with van der Waals surface area (Å²) in [5.74, 6) is 1.01. The van der Waals surface area contributed by atoms with Crippen LogP contribution in [0, 0.1) is 5.92 Å². The van der Waals surface area contributed by atoms with E-state index in [1.54, 1.807) is 4.90 Å². The van der Waals surface area contributed by atoms with Crippen LogP contribution in [0.1, 0.15) is 31.7 Å². The van der Waals surface area contributed by atoms with Gasteiger partial charge in [0.2, 0.25) is 5.91 Å². The Balaban J connectivity index is 1.60. The SMILES string of the molecule is CC1CCN(Cc2ccc(N3C[C@@H](N)CC3=O)cc2)CC1. The van der Waals surface area contributed by atoms with E-state index in [4.69, 9.17) is 5.73 Å². The molecular weight excluding hydrogens is 262 g/mol. The summed E-state index contributed by atoms with van der Waals surface area (Å²) in [5.41, 5.74) is 8.15. The van der Waals surface area contributed by atoms with E-state index in [0.717, 1.165) is 18.2 Å². The first-order valence-electron chi connectivity index (χ1n) is 7.99. The minimum atomic E-state index is -0.0208. The molecule has 1 aromatic rings. The maximum absolute atomic E-state index is 11.9. The topological polar surface area (TPSA) is 49.6 Å². The summed E-state index contributed by atoms with van der Waals surface area (Å²) < 4.78 is 0. The van der Waals surface area contributed by atoms with E-state index in [0.29, 0.717) is 13.0 Å². The lowest BCUT2D eigenvalue weighted by Crippen LogP contribution is -2.32. The molecule has 0 spiro atoms. The number of likely N-dealkylation sites (tertiary alicyclic amines) is 1. The van der Waals surface area contributed by atoms with Gasteiger partial charge in [-0.2, -0.15) is 0 Å². The van der Waals surface area contributed by atoms with Crippen LogP contribution in [0.4, 0.5) is 5.69 Å². The second-order valence-corrected chi connectivity index (χ2v) is 6.59. The Morgan fingerprint density at radius 3 is 2.43 bits per heavy atom. The van der Waals surface area contributed by atoms with Crippen molar-refractivity contribution >= 4 is 11.6 Å². The van der Waals surface area contributed by atoms with Crippen molar-refractivity contribution in [3.63, 3.8) is 0 Å². The van der Waals surface area contributed by atoms with Crippen molar-refractivity contribution in [1.82, 2.24) is 4.90 Å². The van der Waals surface area contributed by atoms with Gasteiger partial charge in [-0.05, 0) is 49.5 Å². The van der Waals surface area contributed by atoms with Crippen LogP contribution in [0.2, 0.25) is 0 Å². The fraction of sp³-hybridized carbons (Fsp3) is 0.588. The van der Waals surface area contributed by atoms with Gasteiger partial charge in [0.25, 0.3) is 0 Å². The lowest BCUT2D eigenvalue weighted by molar-refractivity contribution is -0.117. The molecule has 21 heavy (non-hydrogen) atoms. The van der Waals surface area contributed by atoms with E-state index in [-0.39, 0.29) is 11.9 Å². The average Bonchev–Trinajstić information content (AvgIpc) is 2.81. The Hall–Kier alpha value is -1.39. The fourth-order valence-corrected chi connectivity index (χ4v) is 3.24. The smallest absolute Gasteiger partial charge is 0.228 e. The van der Waals surface area contributed by atoms with Crippen molar-refractivity contribution in [1.29, 1.82) is 0 Å². The monoisotopic (exact) mass is 287 g/mol. The predicted octanol–water partition coefficient (Wildman–Crippen LogP) is 1.98. The Labute approximate surface area is 126 Å². The fourth-order valence-electron chi connectivity index (χ4n) is 3.24. The molecule has 2 aliphatic heterocycles. The second kappa shape index (κ2) is 6.16. The first-order valence-corrected chi connectivity index (χ1v) is 7.99. The van der Waals surface area contributed by atoms with Crippen LogP contribution in [0.15, 0.2) is 24.3 Å². The number of nitrogens with two attached hydrogens (primary N) is 1. The molecule has 2 fully saturated rings. The summed E-state index contributed by atoms with van der Waals surface area (Å²) in [5, 5.41) is 0. The van der Waals surface area contributed by atoms with Crippen LogP contribution >= 0.6 is 0 Å². The number of amides is 1. The molecule has 0 aromatic heterocycles. The molecule has 2 heterocycles. The largest absolute Gasteiger partial charge is 0.326 e. The van der Waals surface area contributed by atoms with Crippen molar-refractivity contribution < 1.29 is 4.79 Å². The summed E-state index contributed by atoms with van der Waals surface area (Å²) in [4.78, 5) is 16.2. The van der Waals surface area contributed by atoms with Crippen LogP contribution < -0.4 is 10.6 Å². The second-order valence-electron chi connectivity index (χ2n) is 6.59. The zero-order valence-electron chi connectivity index (χ0n) is 12.8. The summed E-state index contributed by atoms with van der Waals surface area (Å²) in [7, 11) is 0. The first kappa shape index (κ1) is 14.5. The number of rotatable bonds is 3. The quantitative estimate of drug-likeness (QED) is 0.925. The number of hydrogen-bond acceptors (Lipinski definition) is 3. The molecule has 0 radical (unpaired) electrons. The Kier molecular flexibility index (Phi) is 4.27. The zero-order chi connectivity index (χ0) is 14.8. The maximum Gasteiger partial charge on any atom is 0.228 e. The molecule has 0 saturated carbocycles. The Morgan fingerprint density at radius 1 is 1.19 bits per heavy atom. The van der Waals surface area contributed by atoms with Crippen molar-refractivity contribution in [3.05, 3.63) is 29.8 Å². The molecule has 1 aromatic carbocycles. The van der Waals surface area contributed by atoms with E-state index in [1.165, 1.54) is 31.5 Å². The van der Waals surface area contributed by atoms with E-state index in [9.17, 15) is 4.79 Å². The summed E-state index contributed by atoms with van der Waals surface area (Å²) in [6, 6.07) is 8.37. The molecule has 4 heteroatoms. The van der Waals surface area contributed by atoms with Crippen LogP contribution in [-0.2, 0) is 11.3 Å². The highest BCUT2D eigenvalue weighted by atomic mass is 16.2. The third-order valence-electron chi connectivity index (χ3n) is 4.69. The average molecular weight is 287 g/mol. The number of carbonyl (C=O) groups is 1. The van der Waals surface area contributed by atoms with Gasteiger partial charge in [0, 0.05) is 31.2 Å². The minimum Gasteiger partial charge on any atom is -0.326 e. The van der Waals surface area contributed by atoms with Gasteiger partial charge in [0.15, 0.2) is 0 Å². The highest BCUT2D eigenvalue weighted by Crippen LogP contribution is 2.23. The standard InChI is InChI=1S/C17H25N3O/c1-13-6-8-19(9-7-13)11-14-2-4-16(5-3-14)20-12-15(18)10-17(20)21/h2-5,13,15H,6-12,18H2,1H3/t15-/m0/s1. The van der Waals surface area contributed by atoms with Gasteiger partial charge in [0.05, 0.1) is 0 Å². The van der Waals surface area contributed by atoms with Crippen LogP contribution in [0.5, 0.6) is 0 Å². The Morgan fingerprint density at radius 2 is 1.86 bits per heavy atom. The van der Waals surface area contributed by atoms with Crippen LogP contribution in [0.3, 0.4) is 0 Å². The molecule has 0 bridgehead atoms. The molecule has 2 aliphatic rings. The maximum atomic E-state index is 11.9. The molecule has 114 valence electrons. The van der Waals surface area contributed by atoms with Gasteiger partial charge >= 0.3 is 0 Å². The lowest BCUT2D eigenvalue weighted by Gasteiger charge is -2.30. The van der Waals surface area contributed by atoms with Gasteiger partial charge in [0.1, 0.15) is 0 Å². The van der Waals surface area contributed by atoms with Crippen LogP contribution in [-0.4, -0.2) is 36.5 Å². The molecule has 0 unspecified atom stereocenters. The van der Waals surface area contributed by atoms with Gasteiger partial charge in [-0.15, -0.1) is 0 Å². The molecule has 3 rings (SSSR count). The zero-order valence-corrected chi connectivity index (χ0v) is 12.8. The van der Waals surface area contributed by atoms with Crippen LogP contribution in [0.25, 0.3) is 0 Å². The molecule has 1 amide bonds. The number of carbonyl (C=O) groups excluding carboxylic acids is 1. The van der Waals surface area contributed by atoms with E-state index in [1.807, 2.05) is 0 Å². The van der Waals surface area contributed by atoms with Crippen molar-refractivity contribution in [2.45, 2.75) is 38.8 Å². The van der Waals surface area contributed by atoms with Crippen molar-refractivity contribution in [2.75, 3.05) is 24.5 Å². The number of anilines is 1. The summed E-state index contributed by atoms with van der Waals surface area (Å²) >= 11 is 0. The molecule has 0 aliphatic carbocycles. The van der Waals surface area contributed by atoms with Crippen molar-refractivity contribution in [2.24, 2.45) is 11.7 Å². The van der Waals surface area contributed by atoms with Gasteiger partial charge < -0.3 is 10.6 Å². The third kappa shape index (κ3) is 3.44. The molecule has 2 saturated heterocycles. The number of benzene rings is 1. The third-order valence-corrected chi connectivity index (χ3v) is 4.69. The van der Waals surface area contributed by atoms with E-state index < -0.39 is 0 Å². The van der Waals surface area contributed by atoms with Gasteiger partial charge in [-0.25, -0.2) is 0 Å². The number of hydrogen-bond donors (Lipinski definition) is 1. The van der Waals surface area contributed by atoms with Gasteiger partial charge in [-0.3, -0.25) is 9.69 Å². The minimum absolute atomic E-state index is 0.0208. The number of piperidine rings is 1. The Bertz CT molecular complexity index is 491. The van der Waals surface area contributed by atoms with Gasteiger partial charge in [-0.1, -0.05) is 19.1 Å². The lowest BCUT2D eigenvalue weighted by atomic mass is 9.99. The molecule has 2 N–H and O–H groups in total. The van der Waals surface area contributed by atoms with Crippen molar-refractivity contribution in [3.8, 4) is 0 Å². The number of nitrogens with zero attached hydrogens (tertiary/aromatic N) is 2. The first-order chi connectivity index (χ1) is 10.1. The normalized spacial score (nSPS) is 24.8. The molecule has 4 nitrogen and oxygen atoms in total. The summed E-state index contributed by atoms with van der Waals surface area (Å²) in [6.45, 7) is 6.39. The van der Waals surface area contributed by atoms with E-state index >= 15 is 0 Å². The molecular formula is C17H25N3O. The predicted molar refractivity (Wildman–Crippen MR) is 85.1 cm³/mol. The highest BCUT2D eigenvalue weighted by Gasteiger charge is 2.27. The molecule has 1 atom stereocenters.